The number of halogens is 1. The first-order valence-corrected chi connectivity index (χ1v) is 5.29. The number of ether oxygens (including phenoxy) is 1. The summed E-state index contributed by atoms with van der Waals surface area (Å²) in [5, 5.41) is 0. The fraction of sp³-hybridized carbons (Fsp3) is 0.154. The molecule has 17 heavy (non-hydrogen) atoms. The number of nitrogens with two attached hydrogens (primary N) is 1. The first-order valence-electron chi connectivity index (χ1n) is 5.29. The Balaban J connectivity index is 2.25. The van der Waals surface area contributed by atoms with Gasteiger partial charge >= 0.3 is 0 Å². The van der Waals surface area contributed by atoms with Gasteiger partial charge in [0.15, 0.2) is 11.6 Å². The molecular formula is C13H13FN2O. The van der Waals surface area contributed by atoms with E-state index in [4.69, 9.17) is 10.5 Å². The van der Waals surface area contributed by atoms with E-state index in [1.165, 1.54) is 6.07 Å². The minimum absolute atomic E-state index is 0.167. The van der Waals surface area contributed by atoms with E-state index < -0.39 is 5.82 Å². The van der Waals surface area contributed by atoms with E-state index in [0.29, 0.717) is 12.4 Å². The van der Waals surface area contributed by atoms with Crippen LogP contribution in [0.4, 0.5) is 4.39 Å². The van der Waals surface area contributed by atoms with Gasteiger partial charge in [0.25, 0.3) is 0 Å². The standard InChI is InChI=1S/C13H13FN2O/c1-9-10(8-15)6-7-13(16-9)17-12-5-3-2-4-11(12)14/h2-7H,8,15H2,1H3. The van der Waals surface area contributed by atoms with Crippen LogP contribution in [-0.4, -0.2) is 4.98 Å². The number of benzene rings is 1. The maximum absolute atomic E-state index is 13.3. The van der Waals surface area contributed by atoms with Gasteiger partial charge in [0.1, 0.15) is 0 Å². The molecule has 0 saturated carbocycles. The molecule has 1 aromatic carbocycles. The molecule has 0 saturated heterocycles. The Kier molecular flexibility index (Phi) is 3.35. The summed E-state index contributed by atoms with van der Waals surface area (Å²) in [4.78, 5) is 4.21. The van der Waals surface area contributed by atoms with Crippen molar-refractivity contribution in [1.82, 2.24) is 4.98 Å². The minimum atomic E-state index is -0.408. The van der Waals surface area contributed by atoms with Crippen molar-refractivity contribution in [3.8, 4) is 11.6 Å². The van der Waals surface area contributed by atoms with Crippen molar-refractivity contribution >= 4 is 0 Å². The van der Waals surface area contributed by atoms with Gasteiger partial charge in [0.05, 0.1) is 0 Å². The number of aryl methyl sites for hydroxylation is 1. The molecule has 0 bridgehead atoms. The number of hydrogen-bond donors (Lipinski definition) is 1. The van der Waals surface area contributed by atoms with Crippen LogP contribution < -0.4 is 10.5 Å². The lowest BCUT2D eigenvalue weighted by atomic mass is 10.2. The molecule has 0 aliphatic heterocycles. The second-order valence-electron chi connectivity index (χ2n) is 3.63. The van der Waals surface area contributed by atoms with Crippen LogP contribution in [0.25, 0.3) is 0 Å². The third-order valence-corrected chi connectivity index (χ3v) is 2.44. The zero-order chi connectivity index (χ0) is 12.3. The van der Waals surface area contributed by atoms with Gasteiger partial charge in [-0.25, -0.2) is 9.37 Å². The Bertz CT molecular complexity index is 529. The van der Waals surface area contributed by atoms with Crippen LogP contribution in [0.15, 0.2) is 36.4 Å². The van der Waals surface area contributed by atoms with Gasteiger partial charge in [0, 0.05) is 18.3 Å². The summed E-state index contributed by atoms with van der Waals surface area (Å²) in [7, 11) is 0. The number of nitrogens with zero attached hydrogens (tertiary/aromatic N) is 1. The summed E-state index contributed by atoms with van der Waals surface area (Å²) in [5.41, 5.74) is 7.28. The van der Waals surface area contributed by atoms with E-state index in [9.17, 15) is 4.39 Å². The van der Waals surface area contributed by atoms with Crippen LogP contribution in [0.3, 0.4) is 0 Å². The highest BCUT2D eigenvalue weighted by Gasteiger charge is 2.05. The second kappa shape index (κ2) is 4.93. The Morgan fingerprint density at radius 3 is 2.65 bits per heavy atom. The highest BCUT2D eigenvalue weighted by molar-refractivity contribution is 5.31. The van der Waals surface area contributed by atoms with Gasteiger partial charge in [0.2, 0.25) is 5.88 Å². The van der Waals surface area contributed by atoms with Gasteiger partial charge in [-0.2, -0.15) is 0 Å². The molecule has 0 atom stereocenters. The topological polar surface area (TPSA) is 48.1 Å². The Labute approximate surface area is 99.1 Å². The summed E-state index contributed by atoms with van der Waals surface area (Å²) >= 11 is 0. The van der Waals surface area contributed by atoms with E-state index in [-0.39, 0.29) is 5.75 Å². The molecule has 1 aromatic heterocycles. The largest absolute Gasteiger partial charge is 0.436 e. The normalized spacial score (nSPS) is 10.3. The number of aromatic nitrogens is 1. The average Bonchev–Trinajstić information content (AvgIpc) is 2.32. The van der Waals surface area contributed by atoms with Gasteiger partial charge in [-0.1, -0.05) is 18.2 Å². The van der Waals surface area contributed by atoms with Crippen LogP contribution in [0.2, 0.25) is 0 Å². The number of hydrogen-bond acceptors (Lipinski definition) is 3. The lowest BCUT2D eigenvalue weighted by Gasteiger charge is -2.08. The molecule has 0 radical (unpaired) electrons. The maximum Gasteiger partial charge on any atom is 0.219 e. The molecule has 88 valence electrons. The quantitative estimate of drug-likeness (QED) is 0.885. The molecule has 3 nitrogen and oxygen atoms in total. The van der Waals surface area contributed by atoms with E-state index in [1.807, 2.05) is 13.0 Å². The molecule has 2 rings (SSSR count). The fourth-order valence-electron chi connectivity index (χ4n) is 1.48. The van der Waals surface area contributed by atoms with Crippen LogP contribution in [0, 0.1) is 12.7 Å². The third-order valence-electron chi connectivity index (χ3n) is 2.44. The summed E-state index contributed by atoms with van der Waals surface area (Å²) in [6.45, 7) is 2.27. The summed E-state index contributed by atoms with van der Waals surface area (Å²) < 4.78 is 18.7. The lowest BCUT2D eigenvalue weighted by molar-refractivity contribution is 0.426. The molecule has 0 spiro atoms. The monoisotopic (exact) mass is 232 g/mol. The summed E-state index contributed by atoms with van der Waals surface area (Å²) in [6.07, 6.45) is 0. The summed E-state index contributed by atoms with van der Waals surface area (Å²) in [5.74, 6) is 0.125. The van der Waals surface area contributed by atoms with E-state index in [2.05, 4.69) is 4.98 Å². The molecule has 2 aromatic rings. The van der Waals surface area contributed by atoms with Crippen molar-refractivity contribution < 1.29 is 9.13 Å². The maximum atomic E-state index is 13.3. The predicted molar refractivity (Wildman–Crippen MR) is 63.3 cm³/mol. The number of rotatable bonds is 3. The van der Waals surface area contributed by atoms with Crippen LogP contribution in [0.5, 0.6) is 11.6 Å². The van der Waals surface area contributed by atoms with Crippen molar-refractivity contribution in [1.29, 1.82) is 0 Å². The van der Waals surface area contributed by atoms with Crippen molar-refractivity contribution in [2.24, 2.45) is 5.73 Å². The molecule has 0 unspecified atom stereocenters. The first-order chi connectivity index (χ1) is 8.20. The van der Waals surface area contributed by atoms with E-state index >= 15 is 0 Å². The zero-order valence-corrected chi connectivity index (χ0v) is 9.48. The minimum Gasteiger partial charge on any atom is -0.436 e. The van der Waals surface area contributed by atoms with E-state index in [0.717, 1.165) is 11.3 Å². The molecule has 1 heterocycles. The molecule has 0 amide bonds. The molecule has 0 aliphatic carbocycles. The number of para-hydroxylation sites is 1. The van der Waals surface area contributed by atoms with Crippen molar-refractivity contribution in [2.75, 3.05) is 0 Å². The Hall–Kier alpha value is -1.94. The first kappa shape index (κ1) is 11.5. The molecule has 0 aliphatic rings. The average molecular weight is 232 g/mol. The van der Waals surface area contributed by atoms with Crippen molar-refractivity contribution in [3.05, 3.63) is 53.5 Å². The van der Waals surface area contributed by atoms with Gasteiger partial charge in [-0.05, 0) is 24.6 Å². The van der Waals surface area contributed by atoms with Crippen LogP contribution >= 0.6 is 0 Å². The molecule has 2 N–H and O–H groups in total. The zero-order valence-electron chi connectivity index (χ0n) is 9.48. The molecular weight excluding hydrogens is 219 g/mol. The van der Waals surface area contributed by atoms with Gasteiger partial charge < -0.3 is 10.5 Å². The third kappa shape index (κ3) is 2.60. The molecule has 0 fully saturated rings. The second-order valence-corrected chi connectivity index (χ2v) is 3.63. The fourth-order valence-corrected chi connectivity index (χ4v) is 1.48. The lowest BCUT2D eigenvalue weighted by Crippen LogP contribution is -2.01. The Morgan fingerprint density at radius 1 is 1.24 bits per heavy atom. The SMILES string of the molecule is Cc1nc(Oc2ccccc2F)ccc1CN. The van der Waals surface area contributed by atoms with Gasteiger partial charge in [-0.15, -0.1) is 0 Å². The Morgan fingerprint density at radius 2 is 2.00 bits per heavy atom. The highest BCUT2D eigenvalue weighted by atomic mass is 19.1. The predicted octanol–water partition coefficient (Wildman–Crippen LogP) is 2.78. The highest BCUT2D eigenvalue weighted by Crippen LogP contribution is 2.23. The summed E-state index contributed by atoms with van der Waals surface area (Å²) in [6, 6.07) is 9.73. The molecule has 4 heteroatoms. The van der Waals surface area contributed by atoms with Gasteiger partial charge in [-0.3, -0.25) is 0 Å². The van der Waals surface area contributed by atoms with Crippen LogP contribution in [-0.2, 0) is 6.54 Å². The van der Waals surface area contributed by atoms with E-state index in [1.54, 1.807) is 24.3 Å². The smallest absolute Gasteiger partial charge is 0.219 e. The van der Waals surface area contributed by atoms with Crippen molar-refractivity contribution in [2.45, 2.75) is 13.5 Å². The number of pyridine rings is 1. The van der Waals surface area contributed by atoms with Crippen LogP contribution in [0.1, 0.15) is 11.3 Å². The van der Waals surface area contributed by atoms with Crippen molar-refractivity contribution in [3.63, 3.8) is 0 Å².